The van der Waals surface area contributed by atoms with Gasteiger partial charge in [-0.15, -0.1) is 5.10 Å². The van der Waals surface area contributed by atoms with E-state index >= 15 is 0 Å². The second-order valence-corrected chi connectivity index (χ2v) is 4.48. The Balaban J connectivity index is 1.93. The summed E-state index contributed by atoms with van der Waals surface area (Å²) in [5.74, 6) is 0.129. The van der Waals surface area contributed by atoms with E-state index in [9.17, 15) is 13.2 Å². The van der Waals surface area contributed by atoms with Gasteiger partial charge in [0, 0.05) is 18.1 Å². The van der Waals surface area contributed by atoms with Gasteiger partial charge in [0.05, 0.1) is 5.56 Å². The Morgan fingerprint density at radius 1 is 1.24 bits per heavy atom. The first-order valence-corrected chi connectivity index (χ1v) is 6.12. The molecule has 1 aromatic carbocycles. The van der Waals surface area contributed by atoms with E-state index < -0.39 is 11.7 Å². The third-order valence-corrected chi connectivity index (χ3v) is 2.92. The Labute approximate surface area is 121 Å². The molecule has 0 radical (unpaired) electrons. The zero-order valence-electron chi connectivity index (χ0n) is 10.3. The van der Waals surface area contributed by atoms with Gasteiger partial charge in [-0.3, -0.25) is 0 Å². The molecular weight excluding hydrogens is 307 g/mol. The lowest BCUT2D eigenvalue weighted by Gasteiger charge is -2.08. The van der Waals surface area contributed by atoms with Gasteiger partial charge in [0.25, 0.3) is 0 Å². The normalized spacial score (nSPS) is 11.8. The molecule has 0 fully saturated rings. The summed E-state index contributed by atoms with van der Waals surface area (Å²) in [5.41, 5.74) is -0.214. The van der Waals surface area contributed by atoms with Crippen LogP contribution < -0.4 is 5.32 Å². The zero-order valence-corrected chi connectivity index (χ0v) is 11.0. The maximum Gasteiger partial charge on any atom is 0.416 e. The van der Waals surface area contributed by atoms with E-state index in [1.165, 1.54) is 29.0 Å². The molecule has 9 heteroatoms. The van der Waals surface area contributed by atoms with Crippen molar-refractivity contribution in [1.29, 1.82) is 0 Å². The van der Waals surface area contributed by atoms with Crippen molar-refractivity contribution in [2.24, 2.45) is 0 Å². The lowest BCUT2D eigenvalue weighted by Crippen LogP contribution is -2.05. The minimum Gasteiger partial charge on any atom is -0.323 e. The van der Waals surface area contributed by atoms with Crippen molar-refractivity contribution in [1.82, 2.24) is 19.6 Å². The molecule has 1 N–H and O–H groups in total. The molecule has 0 amide bonds. The van der Waals surface area contributed by atoms with Crippen molar-refractivity contribution in [2.45, 2.75) is 6.18 Å². The fourth-order valence-corrected chi connectivity index (χ4v) is 1.93. The van der Waals surface area contributed by atoms with Gasteiger partial charge in [0.15, 0.2) is 10.8 Å². The lowest BCUT2D eigenvalue weighted by atomic mass is 10.2. The molecule has 21 heavy (non-hydrogen) atoms. The number of aromatic nitrogens is 4. The summed E-state index contributed by atoms with van der Waals surface area (Å²) in [6.07, 6.45) is -1.43. The summed E-state index contributed by atoms with van der Waals surface area (Å²) >= 11 is 5.85. The average Bonchev–Trinajstić information content (AvgIpc) is 2.82. The Morgan fingerprint density at radius 2 is 2.05 bits per heavy atom. The van der Waals surface area contributed by atoms with E-state index in [2.05, 4.69) is 20.4 Å². The summed E-state index contributed by atoms with van der Waals surface area (Å²) < 4.78 is 39.3. The molecule has 108 valence electrons. The van der Waals surface area contributed by atoms with E-state index in [4.69, 9.17) is 11.6 Å². The van der Waals surface area contributed by atoms with Crippen LogP contribution in [-0.4, -0.2) is 19.6 Å². The monoisotopic (exact) mass is 313 g/mol. The van der Waals surface area contributed by atoms with Crippen LogP contribution in [0.25, 0.3) is 5.65 Å². The quantitative estimate of drug-likeness (QED) is 0.786. The number of nitrogens with zero attached hydrogens (tertiary/aromatic N) is 4. The third kappa shape index (κ3) is 2.75. The molecule has 0 atom stereocenters. The molecule has 0 spiro atoms. The maximum atomic E-state index is 12.6. The molecule has 0 saturated carbocycles. The molecule has 3 rings (SSSR count). The second kappa shape index (κ2) is 4.88. The summed E-state index contributed by atoms with van der Waals surface area (Å²) in [7, 11) is 0. The highest BCUT2D eigenvalue weighted by atomic mass is 35.5. The summed E-state index contributed by atoms with van der Waals surface area (Å²) in [6, 6.07) is 4.75. The molecule has 0 unspecified atom stereocenters. The van der Waals surface area contributed by atoms with E-state index in [1.54, 1.807) is 0 Å². The number of nitrogens with one attached hydrogen (secondary N) is 1. The van der Waals surface area contributed by atoms with E-state index in [1.807, 2.05) is 0 Å². The Bertz CT molecular complexity index is 799. The van der Waals surface area contributed by atoms with Gasteiger partial charge in [-0.1, -0.05) is 17.7 Å². The van der Waals surface area contributed by atoms with Crippen LogP contribution in [0.3, 0.4) is 0 Å². The summed E-state index contributed by atoms with van der Waals surface area (Å²) in [5, 5.41) is 6.91. The van der Waals surface area contributed by atoms with Crippen LogP contribution in [0, 0.1) is 0 Å². The molecular formula is C12H7ClF3N5. The van der Waals surface area contributed by atoms with Crippen LogP contribution in [0.5, 0.6) is 0 Å². The van der Waals surface area contributed by atoms with Gasteiger partial charge >= 0.3 is 6.18 Å². The second-order valence-electron chi connectivity index (χ2n) is 4.13. The highest BCUT2D eigenvalue weighted by Crippen LogP contribution is 2.31. The predicted molar refractivity (Wildman–Crippen MR) is 70.5 cm³/mol. The first kappa shape index (κ1) is 13.6. The number of alkyl halides is 3. The van der Waals surface area contributed by atoms with Crippen molar-refractivity contribution in [3.63, 3.8) is 0 Å². The molecule has 5 nitrogen and oxygen atoms in total. The van der Waals surface area contributed by atoms with Crippen LogP contribution in [0.1, 0.15) is 5.56 Å². The van der Waals surface area contributed by atoms with Gasteiger partial charge < -0.3 is 5.32 Å². The minimum atomic E-state index is -4.41. The van der Waals surface area contributed by atoms with Crippen molar-refractivity contribution in [3.8, 4) is 0 Å². The minimum absolute atomic E-state index is 0.129. The number of hydrogen-bond acceptors (Lipinski definition) is 4. The number of benzene rings is 1. The van der Waals surface area contributed by atoms with Gasteiger partial charge in [-0.05, 0) is 18.2 Å². The van der Waals surface area contributed by atoms with Gasteiger partial charge in [0.1, 0.15) is 0 Å². The highest BCUT2D eigenvalue weighted by Gasteiger charge is 2.30. The zero-order chi connectivity index (χ0) is 15.0. The van der Waals surface area contributed by atoms with E-state index in [0.29, 0.717) is 5.65 Å². The Hall–Kier alpha value is -2.35. The molecule has 2 heterocycles. The van der Waals surface area contributed by atoms with Crippen LogP contribution in [0.4, 0.5) is 24.8 Å². The molecule has 0 aliphatic rings. The van der Waals surface area contributed by atoms with Gasteiger partial charge in [0.2, 0.25) is 5.95 Å². The van der Waals surface area contributed by atoms with E-state index in [-0.39, 0.29) is 16.8 Å². The fraction of sp³-hybridized carbons (Fsp3) is 0.0833. The maximum absolute atomic E-state index is 12.6. The van der Waals surface area contributed by atoms with Crippen molar-refractivity contribution in [2.75, 3.05) is 5.32 Å². The first-order chi connectivity index (χ1) is 9.93. The van der Waals surface area contributed by atoms with Crippen LogP contribution in [0.15, 0.2) is 36.7 Å². The fourth-order valence-electron chi connectivity index (χ4n) is 1.74. The average molecular weight is 314 g/mol. The molecule has 3 aromatic rings. The lowest BCUT2D eigenvalue weighted by molar-refractivity contribution is -0.137. The van der Waals surface area contributed by atoms with Crippen molar-refractivity contribution >= 4 is 28.9 Å². The summed E-state index contributed by atoms with van der Waals surface area (Å²) in [6.45, 7) is 0. The molecule has 0 aliphatic heterocycles. The van der Waals surface area contributed by atoms with Gasteiger partial charge in [-0.25, -0.2) is 9.50 Å². The van der Waals surface area contributed by atoms with E-state index in [0.717, 1.165) is 12.1 Å². The van der Waals surface area contributed by atoms with Crippen molar-refractivity contribution < 1.29 is 13.2 Å². The number of hydrogen-bond donors (Lipinski definition) is 1. The number of halogens is 4. The smallest absolute Gasteiger partial charge is 0.323 e. The number of fused-ring (bicyclic) bond motifs is 1. The third-order valence-electron chi connectivity index (χ3n) is 2.66. The Morgan fingerprint density at radius 3 is 2.76 bits per heavy atom. The molecule has 2 aromatic heterocycles. The largest absolute Gasteiger partial charge is 0.416 e. The SMILES string of the molecule is FC(F)(F)c1cccc(Nc2nc3c(Cl)nccn3n2)c1. The predicted octanol–water partition coefficient (Wildman–Crippen LogP) is 3.54. The standard InChI is InChI=1S/C12H7ClF3N5/c13-9-10-19-11(20-21(10)5-4-17-9)18-8-3-1-2-7(6-8)12(14,15)16/h1-6H,(H,18,20). The van der Waals surface area contributed by atoms with Crippen LogP contribution in [0.2, 0.25) is 5.15 Å². The van der Waals surface area contributed by atoms with Crippen LogP contribution >= 0.6 is 11.6 Å². The molecule has 0 aliphatic carbocycles. The Kier molecular flexibility index (Phi) is 3.17. The highest BCUT2D eigenvalue weighted by molar-refractivity contribution is 6.32. The number of anilines is 2. The first-order valence-electron chi connectivity index (χ1n) is 5.75. The van der Waals surface area contributed by atoms with Crippen LogP contribution in [-0.2, 0) is 6.18 Å². The topological polar surface area (TPSA) is 55.1 Å². The van der Waals surface area contributed by atoms with Gasteiger partial charge in [-0.2, -0.15) is 18.2 Å². The molecule has 0 saturated heterocycles. The molecule has 0 bridgehead atoms. The summed E-state index contributed by atoms with van der Waals surface area (Å²) in [4.78, 5) is 7.90. The van der Waals surface area contributed by atoms with Crippen molar-refractivity contribution in [3.05, 3.63) is 47.4 Å². The number of rotatable bonds is 2.